The minimum Gasteiger partial charge on any atom is -0.495 e. The quantitative estimate of drug-likeness (QED) is 0.682. The van der Waals surface area contributed by atoms with Crippen molar-refractivity contribution in [3.8, 4) is 5.75 Å². The number of hydrogen-bond donors (Lipinski definition) is 2. The summed E-state index contributed by atoms with van der Waals surface area (Å²) in [4.78, 5) is 40.4. The topological polar surface area (TPSA) is 87.7 Å². The van der Waals surface area contributed by atoms with Gasteiger partial charge in [-0.1, -0.05) is 39.0 Å². The van der Waals surface area contributed by atoms with E-state index in [1.807, 2.05) is 29.2 Å². The van der Waals surface area contributed by atoms with Gasteiger partial charge in [-0.15, -0.1) is 0 Å². The number of carbonyl (C=O) groups is 3. The predicted molar refractivity (Wildman–Crippen MR) is 128 cm³/mol. The summed E-state index contributed by atoms with van der Waals surface area (Å²) in [6, 6.07) is 12.3. The molecule has 2 N–H and O–H groups in total. The van der Waals surface area contributed by atoms with Crippen LogP contribution in [0.4, 0.5) is 11.4 Å². The van der Waals surface area contributed by atoms with E-state index in [0.29, 0.717) is 36.5 Å². The van der Waals surface area contributed by atoms with Crippen molar-refractivity contribution >= 4 is 29.0 Å². The van der Waals surface area contributed by atoms with Crippen LogP contribution in [0.15, 0.2) is 42.5 Å². The standard InChI is InChI=1S/C26H31N3O4/c1-16(30)17-10-11-19(22(12-17)33-5)28-23(31)20-13-26(14-27-20)18-8-6-7-9-21(18)29(24(26)32)15-25(2,3)4/h6-12,20,27H,13-15H2,1-5H3,(H,28,31). The third-order valence-electron chi connectivity index (χ3n) is 6.38. The molecule has 33 heavy (non-hydrogen) atoms. The van der Waals surface area contributed by atoms with Crippen LogP contribution in [-0.2, 0) is 15.0 Å². The van der Waals surface area contributed by atoms with Crippen LogP contribution >= 0.6 is 0 Å². The first-order valence-corrected chi connectivity index (χ1v) is 11.2. The Hall–Kier alpha value is -3.19. The van der Waals surface area contributed by atoms with Crippen LogP contribution in [0.2, 0.25) is 0 Å². The van der Waals surface area contributed by atoms with Crippen molar-refractivity contribution in [3.63, 3.8) is 0 Å². The number of ether oxygens (including phenoxy) is 1. The molecule has 0 aromatic heterocycles. The summed E-state index contributed by atoms with van der Waals surface area (Å²) in [5, 5.41) is 6.18. The van der Waals surface area contributed by atoms with Gasteiger partial charge in [0, 0.05) is 24.3 Å². The molecule has 4 rings (SSSR count). The van der Waals surface area contributed by atoms with E-state index in [1.165, 1.54) is 14.0 Å². The molecule has 1 spiro atoms. The van der Waals surface area contributed by atoms with Gasteiger partial charge < -0.3 is 20.3 Å². The maximum absolute atomic E-state index is 13.7. The van der Waals surface area contributed by atoms with Gasteiger partial charge in [-0.25, -0.2) is 0 Å². The van der Waals surface area contributed by atoms with Gasteiger partial charge in [-0.3, -0.25) is 14.4 Å². The Bertz CT molecular complexity index is 1120. The zero-order valence-corrected chi connectivity index (χ0v) is 19.8. The van der Waals surface area contributed by atoms with Crippen LogP contribution in [-0.4, -0.2) is 43.8 Å². The molecule has 1 saturated heterocycles. The maximum Gasteiger partial charge on any atom is 0.241 e. The molecule has 2 amide bonds. The Balaban J connectivity index is 1.57. The summed E-state index contributed by atoms with van der Waals surface area (Å²) >= 11 is 0. The number of anilines is 2. The summed E-state index contributed by atoms with van der Waals surface area (Å²) in [6.45, 7) is 8.84. The number of Topliss-reactive ketones (excluding diaryl/α,β-unsaturated/α-hetero) is 1. The highest BCUT2D eigenvalue weighted by Gasteiger charge is 2.56. The summed E-state index contributed by atoms with van der Waals surface area (Å²) in [7, 11) is 1.50. The highest BCUT2D eigenvalue weighted by Crippen LogP contribution is 2.47. The average molecular weight is 450 g/mol. The molecule has 0 bridgehead atoms. The van der Waals surface area contributed by atoms with Crippen molar-refractivity contribution in [1.82, 2.24) is 5.32 Å². The van der Waals surface area contributed by atoms with Crippen molar-refractivity contribution in [2.24, 2.45) is 5.41 Å². The highest BCUT2D eigenvalue weighted by molar-refractivity contribution is 6.10. The van der Waals surface area contributed by atoms with E-state index in [9.17, 15) is 14.4 Å². The molecule has 2 atom stereocenters. The number of nitrogens with zero attached hydrogens (tertiary/aromatic N) is 1. The van der Waals surface area contributed by atoms with Gasteiger partial charge >= 0.3 is 0 Å². The first-order valence-electron chi connectivity index (χ1n) is 11.2. The third kappa shape index (κ3) is 4.13. The van der Waals surface area contributed by atoms with Crippen molar-refractivity contribution < 1.29 is 19.1 Å². The number of para-hydroxylation sites is 1. The number of rotatable bonds is 5. The number of amides is 2. The van der Waals surface area contributed by atoms with Crippen LogP contribution < -0.4 is 20.3 Å². The minimum atomic E-state index is -0.758. The summed E-state index contributed by atoms with van der Waals surface area (Å²) in [6.07, 6.45) is 0.378. The lowest BCUT2D eigenvalue weighted by atomic mass is 9.79. The molecular formula is C26H31N3O4. The number of ketones is 1. The Morgan fingerprint density at radius 2 is 1.94 bits per heavy atom. The molecule has 0 aliphatic carbocycles. The second-order valence-corrected chi connectivity index (χ2v) is 10.1. The van der Waals surface area contributed by atoms with Gasteiger partial charge in [0.2, 0.25) is 11.8 Å². The molecule has 174 valence electrons. The molecule has 2 aliphatic heterocycles. The van der Waals surface area contributed by atoms with Gasteiger partial charge in [0.05, 0.1) is 24.3 Å². The normalized spacial score (nSPS) is 21.9. The molecule has 1 fully saturated rings. The van der Waals surface area contributed by atoms with Crippen molar-refractivity contribution in [2.75, 3.05) is 30.4 Å². The molecule has 2 heterocycles. The fraction of sp³-hybridized carbons (Fsp3) is 0.423. The molecule has 2 unspecified atom stereocenters. The van der Waals surface area contributed by atoms with E-state index in [0.717, 1.165) is 11.3 Å². The fourth-order valence-corrected chi connectivity index (χ4v) is 4.80. The molecule has 2 aliphatic rings. The van der Waals surface area contributed by atoms with Crippen LogP contribution in [0.3, 0.4) is 0 Å². The van der Waals surface area contributed by atoms with E-state index >= 15 is 0 Å². The van der Waals surface area contributed by atoms with Crippen LogP contribution in [0.5, 0.6) is 5.75 Å². The SMILES string of the molecule is COc1cc(C(C)=O)ccc1NC(=O)C1CC2(CN1)C(=O)N(CC(C)(C)C)c1ccccc12. The van der Waals surface area contributed by atoms with E-state index in [2.05, 4.69) is 31.4 Å². The van der Waals surface area contributed by atoms with Crippen LogP contribution in [0.1, 0.15) is 50.0 Å². The first kappa shape index (κ1) is 23.0. The van der Waals surface area contributed by atoms with Crippen molar-refractivity contribution in [1.29, 1.82) is 0 Å². The Kier molecular flexibility index (Phi) is 5.78. The Morgan fingerprint density at radius 1 is 1.21 bits per heavy atom. The minimum absolute atomic E-state index is 0.0461. The molecule has 2 aromatic carbocycles. The Morgan fingerprint density at radius 3 is 2.61 bits per heavy atom. The summed E-state index contributed by atoms with van der Waals surface area (Å²) in [5.41, 5.74) is 2.09. The second-order valence-electron chi connectivity index (χ2n) is 10.1. The zero-order valence-electron chi connectivity index (χ0n) is 19.8. The van der Waals surface area contributed by atoms with Gasteiger partial charge in [0.15, 0.2) is 5.78 Å². The number of carbonyl (C=O) groups excluding carboxylic acids is 3. The lowest BCUT2D eigenvalue weighted by molar-refractivity contribution is -0.123. The number of hydrogen-bond acceptors (Lipinski definition) is 5. The van der Waals surface area contributed by atoms with Gasteiger partial charge in [-0.2, -0.15) is 0 Å². The van der Waals surface area contributed by atoms with Crippen LogP contribution in [0.25, 0.3) is 0 Å². The third-order valence-corrected chi connectivity index (χ3v) is 6.38. The fourth-order valence-electron chi connectivity index (χ4n) is 4.80. The van der Waals surface area contributed by atoms with Gasteiger partial charge in [0.1, 0.15) is 5.75 Å². The highest BCUT2D eigenvalue weighted by atomic mass is 16.5. The molecule has 0 radical (unpaired) electrons. The second kappa shape index (κ2) is 8.30. The van der Waals surface area contributed by atoms with Gasteiger partial charge in [0.25, 0.3) is 0 Å². The number of methoxy groups -OCH3 is 1. The lowest BCUT2D eigenvalue weighted by Crippen LogP contribution is -2.44. The Labute approximate surface area is 194 Å². The summed E-state index contributed by atoms with van der Waals surface area (Å²) in [5.74, 6) is 0.149. The first-order chi connectivity index (χ1) is 15.6. The predicted octanol–water partition coefficient (Wildman–Crippen LogP) is 3.53. The lowest BCUT2D eigenvalue weighted by Gasteiger charge is -2.29. The van der Waals surface area contributed by atoms with Gasteiger partial charge in [-0.05, 0) is 48.6 Å². The van der Waals surface area contributed by atoms with Crippen LogP contribution in [0, 0.1) is 5.41 Å². The average Bonchev–Trinajstić information content (AvgIpc) is 3.31. The van der Waals surface area contributed by atoms with E-state index in [4.69, 9.17) is 4.74 Å². The summed E-state index contributed by atoms with van der Waals surface area (Å²) < 4.78 is 5.37. The molecule has 7 heteroatoms. The number of fused-ring (bicyclic) bond motifs is 2. The zero-order chi connectivity index (χ0) is 24.0. The molecular weight excluding hydrogens is 418 g/mol. The molecule has 0 saturated carbocycles. The molecule has 2 aromatic rings. The van der Waals surface area contributed by atoms with Crippen molar-refractivity contribution in [3.05, 3.63) is 53.6 Å². The largest absolute Gasteiger partial charge is 0.495 e. The number of nitrogens with one attached hydrogen (secondary N) is 2. The smallest absolute Gasteiger partial charge is 0.241 e. The van der Waals surface area contributed by atoms with E-state index in [1.54, 1.807) is 18.2 Å². The number of benzene rings is 2. The monoisotopic (exact) mass is 449 g/mol. The molecule has 7 nitrogen and oxygen atoms in total. The maximum atomic E-state index is 13.7. The van der Waals surface area contributed by atoms with Crippen molar-refractivity contribution in [2.45, 2.75) is 45.6 Å². The van der Waals surface area contributed by atoms with E-state index < -0.39 is 11.5 Å². The van der Waals surface area contributed by atoms with E-state index in [-0.39, 0.29) is 23.0 Å².